The summed E-state index contributed by atoms with van der Waals surface area (Å²) in [6.45, 7) is 3.86. The van der Waals surface area contributed by atoms with Crippen LogP contribution in [0.5, 0.6) is 0 Å². The molecule has 0 radical (unpaired) electrons. The molecule has 0 aromatic rings. The molecule has 0 aromatic heterocycles. The number of carbonyl (C=O) groups is 2. The quantitative estimate of drug-likeness (QED) is 0.701. The lowest BCUT2D eigenvalue weighted by molar-refractivity contribution is -0.140. The minimum Gasteiger partial charge on any atom is -0.481 e. The summed E-state index contributed by atoms with van der Waals surface area (Å²) in [5.74, 6) is -0.721. The molecule has 1 saturated heterocycles. The van der Waals surface area contributed by atoms with Crippen LogP contribution in [0.4, 0.5) is 0 Å². The van der Waals surface area contributed by atoms with Crippen LogP contribution in [-0.4, -0.2) is 35.6 Å². The van der Waals surface area contributed by atoms with Crippen LogP contribution in [0.2, 0.25) is 0 Å². The molecular weight excluding hydrogens is 268 g/mol. The summed E-state index contributed by atoms with van der Waals surface area (Å²) in [5.41, 5.74) is -0.803. The van der Waals surface area contributed by atoms with Gasteiger partial charge in [-0.3, -0.25) is 9.59 Å². The van der Waals surface area contributed by atoms with Gasteiger partial charge in [0, 0.05) is 0 Å². The van der Waals surface area contributed by atoms with Gasteiger partial charge in [0.1, 0.15) is 0 Å². The molecule has 0 atom stereocenters. The molecule has 0 unspecified atom stereocenters. The van der Waals surface area contributed by atoms with Gasteiger partial charge in [-0.05, 0) is 45.2 Å². The first-order valence-corrected chi connectivity index (χ1v) is 8.27. The van der Waals surface area contributed by atoms with E-state index in [-0.39, 0.29) is 17.7 Å². The van der Waals surface area contributed by atoms with E-state index in [0.29, 0.717) is 0 Å². The number of aliphatic carboxylic acids is 1. The summed E-state index contributed by atoms with van der Waals surface area (Å²) in [6.07, 6.45) is 7.26. The molecule has 3 N–H and O–H groups in total. The van der Waals surface area contributed by atoms with Crippen LogP contribution in [0.25, 0.3) is 0 Å². The number of carboxylic acid groups (broad SMARTS) is 1. The third-order valence-corrected chi connectivity index (χ3v) is 5.20. The Kier molecular flexibility index (Phi) is 5.25. The van der Waals surface area contributed by atoms with Crippen molar-refractivity contribution in [2.45, 2.75) is 70.3 Å². The molecule has 5 heteroatoms. The Labute approximate surface area is 126 Å². The molecule has 2 rings (SSSR count). The number of nitrogens with one attached hydrogen (secondary N) is 2. The lowest BCUT2D eigenvalue weighted by atomic mass is 9.73. The first kappa shape index (κ1) is 16.3. The SMILES string of the molecule is CCCC1(C(=O)NC2(CC(=O)O)CCCC2)CCNCC1. The highest BCUT2D eigenvalue weighted by atomic mass is 16.4. The molecule has 2 aliphatic rings. The van der Waals surface area contributed by atoms with Gasteiger partial charge in [-0.15, -0.1) is 0 Å². The van der Waals surface area contributed by atoms with Crippen LogP contribution in [0, 0.1) is 5.41 Å². The monoisotopic (exact) mass is 296 g/mol. The normalized spacial score (nSPS) is 23.7. The molecule has 0 bridgehead atoms. The number of rotatable bonds is 6. The Balaban J connectivity index is 2.10. The molecule has 0 spiro atoms. The third kappa shape index (κ3) is 3.76. The fourth-order valence-electron chi connectivity index (χ4n) is 4.04. The average molecular weight is 296 g/mol. The van der Waals surface area contributed by atoms with Crippen LogP contribution < -0.4 is 10.6 Å². The van der Waals surface area contributed by atoms with E-state index in [1.807, 2.05) is 0 Å². The van der Waals surface area contributed by atoms with Crippen molar-refractivity contribution in [3.63, 3.8) is 0 Å². The summed E-state index contributed by atoms with van der Waals surface area (Å²) < 4.78 is 0. The molecule has 0 aromatic carbocycles. The number of hydrogen-bond acceptors (Lipinski definition) is 3. The van der Waals surface area contributed by atoms with E-state index in [0.717, 1.165) is 64.5 Å². The smallest absolute Gasteiger partial charge is 0.305 e. The fraction of sp³-hybridized carbons (Fsp3) is 0.875. The van der Waals surface area contributed by atoms with Crippen LogP contribution in [0.1, 0.15) is 64.7 Å². The zero-order valence-electron chi connectivity index (χ0n) is 13.0. The van der Waals surface area contributed by atoms with Crippen molar-refractivity contribution in [1.29, 1.82) is 0 Å². The molecule has 1 aliphatic heterocycles. The second-order valence-corrected chi connectivity index (χ2v) is 6.79. The zero-order chi connectivity index (χ0) is 15.3. The third-order valence-electron chi connectivity index (χ3n) is 5.20. The molecule has 21 heavy (non-hydrogen) atoms. The predicted octanol–water partition coefficient (Wildman–Crippen LogP) is 2.06. The van der Waals surface area contributed by atoms with Crippen molar-refractivity contribution in [3.05, 3.63) is 0 Å². The lowest BCUT2D eigenvalue weighted by Gasteiger charge is -2.40. The van der Waals surface area contributed by atoms with Crippen molar-refractivity contribution in [2.24, 2.45) is 5.41 Å². The highest BCUT2D eigenvalue weighted by Gasteiger charge is 2.44. The van der Waals surface area contributed by atoms with Crippen molar-refractivity contribution >= 4 is 11.9 Å². The minimum absolute atomic E-state index is 0.0548. The van der Waals surface area contributed by atoms with E-state index in [1.54, 1.807) is 0 Å². The van der Waals surface area contributed by atoms with E-state index in [9.17, 15) is 9.59 Å². The van der Waals surface area contributed by atoms with E-state index in [4.69, 9.17) is 5.11 Å². The molecule has 1 aliphatic carbocycles. The molecule has 1 saturated carbocycles. The Bertz CT molecular complexity index is 377. The van der Waals surface area contributed by atoms with Crippen LogP contribution >= 0.6 is 0 Å². The summed E-state index contributed by atoms with van der Waals surface area (Å²) in [7, 11) is 0. The van der Waals surface area contributed by atoms with Gasteiger partial charge in [-0.25, -0.2) is 0 Å². The van der Waals surface area contributed by atoms with E-state index in [2.05, 4.69) is 17.6 Å². The topological polar surface area (TPSA) is 78.4 Å². The number of piperidine rings is 1. The minimum atomic E-state index is -0.813. The summed E-state index contributed by atoms with van der Waals surface area (Å²) in [5, 5.41) is 15.7. The molecule has 120 valence electrons. The largest absolute Gasteiger partial charge is 0.481 e. The first-order valence-electron chi connectivity index (χ1n) is 8.27. The van der Waals surface area contributed by atoms with Crippen molar-refractivity contribution in [2.75, 3.05) is 13.1 Å². The van der Waals surface area contributed by atoms with E-state index < -0.39 is 11.5 Å². The number of hydrogen-bond donors (Lipinski definition) is 3. The van der Waals surface area contributed by atoms with Crippen LogP contribution in [-0.2, 0) is 9.59 Å². The Hall–Kier alpha value is -1.10. The van der Waals surface area contributed by atoms with Crippen molar-refractivity contribution in [1.82, 2.24) is 10.6 Å². The number of carbonyl (C=O) groups excluding carboxylic acids is 1. The van der Waals surface area contributed by atoms with Gasteiger partial charge in [-0.1, -0.05) is 26.2 Å². The van der Waals surface area contributed by atoms with Gasteiger partial charge in [0.2, 0.25) is 5.91 Å². The average Bonchev–Trinajstić information content (AvgIpc) is 2.87. The lowest BCUT2D eigenvalue weighted by Crippen LogP contribution is -2.55. The van der Waals surface area contributed by atoms with Crippen molar-refractivity contribution in [3.8, 4) is 0 Å². The molecule has 2 fully saturated rings. The second-order valence-electron chi connectivity index (χ2n) is 6.79. The van der Waals surface area contributed by atoms with Gasteiger partial charge in [0.05, 0.1) is 17.4 Å². The summed E-state index contributed by atoms with van der Waals surface area (Å²) in [6, 6.07) is 0. The van der Waals surface area contributed by atoms with Gasteiger partial charge in [-0.2, -0.15) is 0 Å². The first-order chi connectivity index (χ1) is 10.0. The maximum Gasteiger partial charge on any atom is 0.305 e. The molecule has 1 amide bonds. The Morgan fingerprint density at radius 2 is 1.76 bits per heavy atom. The van der Waals surface area contributed by atoms with Crippen LogP contribution in [0.3, 0.4) is 0 Å². The maximum atomic E-state index is 12.9. The Morgan fingerprint density at radius 3 is 2.29 bits per heavy atom. The molecule has 5 nitrogen and oxygen atoms in total. The predicted molar refractivity (Wildman–Crippen MR) is 81.0 cm³/mol. The number of carboxylic acids is 1. The fourth-order valence-corrected chi connectivity index (χ4v) is 4.04. The maximum absolute atomic E-state index is 12.9. The van der Waals surface area contributed by atoms with Gasteiger partial charge in [0.25, 0.3) is 0 Å². The summed E-state index contributed by atoms with van der Waals surface area (Å²) >= 11 is 0. The standard InChI is InChI=1S/C16H28N2O3/c1-2-5-15(8-10-17-11-9-15)14(21)18-16(12-13(19)20)6-3-4-7-16/h17H,2-12H2,1H3,(H,18,21)(H,19,20). The van der Waals surface area contributed by atoms with Crippen molar-refractivity contribution < 1.29 is 14.7 Å². The highest BCUT2D eigenvalue weighted by Crippen LogP contribution is 2.38. The zero-order valence-corrected chi connectivity index (χ0v) is 13.0. The van der Waals surface area contributed by atoms with Gasteiger partial charge < -0.3 is 15.7 Å². The van der Waals surface area contributed by atoms with Crippen LogP contribution in [0.15, 0.2) is 0 Å². The van der Waals surface area contributed by atoms with Gasteiger partial charge >= 0.3 is 5.97 Å². The molecular formula is C16H28N2O3. The van der Waals surface area contributed by atoms with E-state index >= 15 is 0 Å². The second kappa shape index (κ2) is 6.77. The van der Waals surface area contributed by atoms with E-state index in [1.165, 1.54) is 0 Å². The highest BCUT2D eigenvalue weighted by molar-refractivity contribution is 5.84. The van der Waals surface area contributed by atoms with Gasteiger partial charge in [0.15, 0.2) is 0 Å². The Morgan fingerprint density at radius 1 is 1.14 bits per heavy atom. The summed E-state index contributed by atoms with van der Waals surface area (Å²) in [4.78, 5) is 24.1. The number of amides is 1. The molecule has 1 heterocycles.